The van der Waals surface area contributed by atoms with E-state index in [1.807, 2.05) is 0 Å². The van der Waals surface area contributed by atoms with Crippen molar-refractivity contribution in [2.45, 2.75) is 39.8 Å². The summed E-state index contributed by atoms with van der Waals surface area (Å²) in [6.07, 6.45) is 4.53. The van der Waals surface area contributed by atoms with Crippen LogP contribution in [0.4, 0.5) is 0 Å². The molecule has 0 unspecified atom stereocenters. The molecule has 1 aromatic carbocycles. The molecule has 20 heavy (non-hydrogen) atoms. The van der Waals surface area contributed by atoms with Crippen LogP contribution in [0.15, 0.2) is 48.7 Å². The van der Waals surface area contributed by atoms with Crippen molar-refractivity contribution in [2.24, 2.45) is 5.92 Å². The Bertz CT molecular complexity index is 485. The minimum Gasteiger partial charge on any atom is -0.350 e. The summed E-state index contributed by atoms with van der Waals surface area (Å²) in [6, 6.07) is 15.1. The van der Waals surface area contributed by atoms with Gasteiger partial charge in [-0.2, -0.15) is 0 Å². The first-order valence-electron chi connectivity index (χ1n) is 7.64. The Balaban J connectivity index is 1.77. The van der Waals surface area contributed by atoms with Gasteiger partial charge in [-0.3, -0.25) is 0 Å². The molecule has 108 valence electrons. The molecule has 0 aliphatic heterocycles. The predicted molar refractivity (Wildman–Crippen MR) is 85.7 cm³/mol. The number of rotatable bonds is 8. The molecule has 0 atom stereocenters. The van der Waals surface area contributed by atoms with Crippen molar-refractivity contribution in [1.82, 2.24) is 9.88 Å². The molecule has 0 radical (unpaired) electrons. The molecule has 0 amide bonds. The van der Waals surface area contributed by atoms with Crippen molar-refractivity contribution >= 4 is 0 Å². The number of hydrogen-bond acceptors (Lipinski definition) is 1. The fourth-order valence-electron chi connectivity index (χ4n) is 2.42. The quantitative estimate of drug-likeness (QED) is 0.770. The normalized spacial score (nSPS) is 11.2. The molecule has 1 N–H and O–H groups in total. The Kier molecular flexibility index (Phi) is 5.87. The van der Waals surface area contributed by atoms with E-state index in [1.54, 1.807) is 0 Å². The molecule has 0 aliphatic rings. The van der Waals surface area contributed by atoms with Gasteiger partial charge in [-0.25, -0.2) is 0 Å². The summed E-state index contributed by atoms with van der Waals surface area (Å²) in [6.45, 7) is 7.63. The average Bonchev–Trinajstić information content (AvgIpc) is 2.87. The summed E-state index contributed by atoms with van der Waals surface area (Å²) in [5, 5.41) is 3.51. The van der Waals surface area contributed by atoms with Crippen LogP contribution in [0, 0.1) is 5.92 Å². The van der Waals surface area contributed by atoms with E-state index in [-0.39, 0.29) is 0 Å². The summed E-state index contributed by atoms with van der Waals surface area (Å²) in [5.41, 5.74) is 2.82. The van der Waals surface area contributed by atoms with Crippen molar-refractivity contribution in [3.63, 3.8) is 0 Å². The van der Waals surface area contributed by atoms with Crippen LogP contribution in [-0.2, 0) is 19.5 Å². The molecule has 0 aliphatic carbocycles. The van der Waals surface area contributed by atoms with Gasteiger partial charge in [0.05, 0.1) is 0 Å². The van der Waals surface area contributed by atoms with Gasteiger partial charge in [-0.15, -0.1) is 0 Å². The number of aryl methyl sites for hydroxylation is 2. The Labute approximate surface area is 122 Å². The van der Waals surface area contributed by atoms with E-state index in [1.165, 1.54) is 17.7 Å². The highest BCUT2D eigenvalue weighted by molar-refractivity contribution is 5.14. The molecule has 0 bridgehead atoms. The zero-order valence-corrected chi connectivity index (χ0v) is 12.7. The number of nitrogens with zero attached hydrogens (tertiary/aromatic N) is 1. The number of hydrogen-bond donors (Lipinski definition) is 1. The van der Waals surface area contributed by atoms with Crippen LogP contribution in [0.5, 0.6) is 0 Å². The van der Waals surface area contributed by atoms with Gasteiger partial charge < -0.3 is 9.88 Å². The highest BCUT2D eigenvalue weighted by Gasteiger charge is 2.01. The number of aromatic nitrogens is 1. The zero-order valence-electron chi connectivity index (χ0n) is 12.7. The fourth-order valence-corrected chi connectivity index (χ4v) is 2.42. The summed E-state index contributed by atoms with van der Waals surface area (Å²) >= 11 is 0. The molecule has 1 aromatic heterocycles. The molecule has 0 saturated heterocycles. The van der Waals surface area contributed by atoms with Crippen LogP contribution in [0.25, 0.3) is 0 Å². The Morgan fingerprint density at radius 3 is 2.60 bits per heavy atom. The summed E-state index contributed by atoms with van der Waals surface area (Å²) < 4.78 is 2.37. The molecule has 2 aromatic rings. The second kappa shape index (κ2) is 7.91. The molecule has 2 nitrogen and oxygen atoms in total. The number of benzene rings is 1. The van der Waals surface area contributed by atoms with Crippen molar-refractivity contribution in [3.05, 3.63) is 59.9 Å². The smallest absolute Gasteiger partial charge is 0.0359 e. The highest BCUT2D eigenvalue weighted by atomic mass is 15.0. The second-order valence-corrected chi connectivity index (χ2v) is 5.81. The summed E-state index contributed by atoms with van der Waals surface area (Å²) in [7, 11) is 0. The first kappa shape index (κ1) is 14.9. The Morgan fingerprint density at radius 1 is 1.05 bits per heavy atom. The van der Waals surface area contributed by atoms with Crippen LogP contribution < -0.4 is 5.32 Å². The van der Waals surface area contributed by atoms with Gasteiger partial charge in [0, 0.05) is 25.0 Å². The first-order chi connectivity index (χ1) is 9.75. The minimum atomic E-state index is 0.705. The molecular weight excluding hydrogens is 244 g/mol. The average molecular weight is 270 g/mol. The van der Waals surface area contributed by atoms with Gasteiger partial charge in [0.25, 0.3) is 0 Å². The Hall–Kier alpha value is -1.54. The van der Waals surface area contributed by atoms with E-state index in [2.05, 4.69) is 72.4 Å². The fraction of sp³-hybridized carbons (Fsp3) is 0.444. The maximum absolute atomic E-state index is 3.51. The summed E-state index contributed by atoms with van der Waals surface area (Å²) in [5.74, 6) is 0.705. The third-order valence-corrected chi connectivity index (χ3v) is 3.49. The predicted octanol–water partition coefficient (Wildman–Crippen LogP) is 3.87. The van der Waals surface area contributed by atoms with Gasteiger partial charge in [0.1, 0.15) is 0 Å². The van der Waals surface area contributed by atoms with Crippen molar-refractivity contribution < 1.29 is 0 Å². The lowest BCUT2D eigenvalue weighted by atomic mass is 10.1. The van der Waals surface area contributed by atoms with E-state index in [9.17, 15) is 0 Å². The van der Waals surface area contributed by atoms with Gasteiger partial charge in [-0.05, 0) is 43.0 Å². The first-order valence-corrected chi connectivity index (χ1v) is 7.64. The van der Waals surface area contributed by atoms with Gasteiger partial charge in [0.2, 0.25) is 0 Å². The molecule has 0 fully saturated rings. The van der Waals surface area contributed by atoms with Crippen LogP contribution in [0.2, 0.25) is 0 Å². The van der Waals surface area contributed by atoms with Gasteiger partial charge in [-0.1, -0.05) is 44.2 Å². The van der Waals surface area contributed by atoms with E-state index < -0.39 is 0 Å². The molecule has 2 heteroatoms. The molecular formula is C18H26N2. The molecule has 2 rings (SSSR count). The maximum atomic E-state index is 3.51. The standard InChI is InChI=1S/C18H26N2/c1-16(2)14-19-15-18-11-7-13-20(18)12-6-10-17-8-4-3-5-9-17/h3-5,7-9,11,13,16,19H,6,10,12,14-15H2,1-2H3. The van der Waals surface area contributed by atoms with E-state index in [0.717, 1.165) is 26.1 Å². The lowest BCUT2D eigenvalue weighted by Gasteiger charge is -2.11. The minimum absolute atomic E-state index is 0.705. The van der Waals surface area contributed by atoms with Crippen LogP contribution in [0.1, 0.15) is 31.5 Å². The van der Waals surface area contributed by atoms with Crippen LogP contribution >= 0.6 is 0 Å². The van der Waals surface area contributed by atoms with E-state index in [0.29, 0.717) is 5.92 Å². The zero-order chi connectivity index (χ0) is 14.2. The van der Waals surface area contributed by atoms with Crippen molar-refractivity contribution in [2.75, 3.05) is 6.54 Å². The molecule has 1 heterocycles. The highest BCUT2D eigenvalue weighted by Crippen LogP contribution is 2.07. The van der Waals surface area contributed by atoms with E-state index in [4.69, 9.17) is 0 Å². The topological polar surface area (TPSA) is 17.0 Å². The maximum Gasteiger partial charge on any atom is 0.0359 e. The molecule has 0 saturated carbocycles. The lowest BCUT2D eigenvalue weighted by molar-refractivity contribution is 0.529. The van der Waals surface area contributed by atoms with Crippen LogP contribution in [-0.4, -0.2) is 11.1 Å². The summed E-state index contributed by atoms with van der Waals surface area (Å²) in [4.78, 5) is 0. The van der Waals surface area contributed by atoms with Crippen molar-refractivity contribution in [1.29, 1.82) is 0 Å². The monoisotopic (exact) mass is 270 g/mol. The van der Waals surface area contributed by atoms with Gasteiger partial charge >= 0.3 is 0 Å². The second-order valence-electron chi connectivity index (χ2n) is 5.81. The lowest BCUT2D eigenvalue weighted by Crippen LogP contribution is -2.20. The Morgan fingerprint density at radius 2 is 1.85 bits per heavy atom. The largest absolute Gasteiger partial charge is 0.350 e. The van der Waals surface area contributed by atoms with E-state index >= 15 is 0 Å². The van der Waals surface area contributed by atoms with Crippen molar-refractivity contribution in [3.8, 4) is 0 Å². The molecule has 0 spiro atoms. The SMILES string of the molecule is CC(C)CNCc1cccn1CCCc1ccccc1. The van der Waals surface area contributed by atoms with Crippen LogP contribution in [0.3, 0.4) is 0 Å². The third kappa shape index (κ3) is 4.86. The third-order valence-electron chi connectivity index (χ3n) is 3.49. The number of nitrogens with one attached hydrogen (secondary N) is 1. The van der Waals surface area contributed by atoms with Gasteiger partial charge in [0.15, 0.2) is 0 Å².